The molecular formula is C24H30F2IN2O7P. The number of hydrogen-bond donors (Lipinski definition) is 1. The molecule has 0 saturated carbocycles. The maximum atomic E-state index is 15.4. The predicted molar refractivity (Wildman–Crippen MR) is 140 cm³/mol. The monoisotopic (exact) mass is 654 g/mol. The van der Waals surface area contributed by atoms with Crippen molar-refractivity contribution in [3.63, 3.8) is 0 Å². The van der Waals surface area contributed by atoms with Gasteiger partial charge in [0.15, 0.2) is 0 Å². The van der Waals surface area contributed by atoms with Crippen LogP contribution < -0.4 is 15.8 Å². The van der Waals surface area contributed by atoms with Crippen molar-refractivity contribution < 1.29 is 31.7 Å². The molecule has 1 saturated heterocycles. The van der Waals surface area contributed by atoms with E-state index in [-0.39, 0.29) is 27.9 Å². The Kier molecular flexibility index (Phi) is 7.57. The Morgan fingerprint density at radius 3 is 2.46 bits per heavy atom. The molecule has 37 heavy (non-hydrogen) atoms. The van der Waals surface area contributed by atoms with Gasteiger partial charge in [-0.25, -0.2) is 18.1 Å². The fraction of sp³-hybridized carbons (Fsp3) is 0.583. The van der Waals surface area contributed by atoms with Gasteiger partial charge >= 0.3 is 13.5 Å². The summed E-state index contributed by atoms with van der Waals surface area (Å²) in [6, 6.07) is 1.72. The van der Waals surface area contributed by atoms with Crippen LogP contribution in [0.25, 0.3) is 0 Å². The van der Waals surface area contributed by atoms with Crippen LogP contribution in [0.1, 0.15) is 70.9 Å². The molecule has 0 bridgehead atoms. The number of aromatic amines is 1. The molecule has 0 radical (unpaired) electrons. The molecule has 1 fully saturated rings. The summed E-state index contributed by atoms with van der Waals surface area (Å²) >= 11 is 1.75. The lowest BCUT2D eigenvalue weighted by Crippen LogP contribution is -2.33. The van der Waals surface area contributed by atoms with E-state index in [1.165, 1.54) is 6.20 Å². The zero-order chi connectivity index (χ0) is 27.5. The molecule has 13 heteroatoms. The number of fused-ring (bicyclic) bond motifs is 1. The number of rotatable bonds is 4. The number of nitrogens with zero attached hydrogens (tertiary/aromatic N) is 1. The van der Waals surface area contributed by atoms with Crippen LogP contribution in [0.2, 0.25) is 0 Å². The molecule has 0 amide bonds. The summed E-state index contributed by atoms with van der Waals surface area (Å²) in [5.74, 6) is -0.391. The summed E-state index contributed by atoms with van der Waals surface area (Å²) in [7, 11) is -4.24. The van der Waals surface area contributed by atoms with E-state index in [2.05, 4.69) is 4.98 Å². The second-order valence-corrected chi connectivity index (χ2v) is 14.0. The van der Waals surface area contributed by atoms with Gasteiger partial charge in [0.1, 0.15) is 30.1 Å². The molecule has 0 aliphatic carbocycles. The minimum absolute atomic E-state index is 0.101. The Balaban J connectivity index is 1.55. The lowest BCUT2D eigenvalue weighted by Gasteiger charge is -2.33. The predicted octanol–water partition coefficient (Wildman–Crippen LogP) is 5.23. The molecule has 1 aromatic heterocycles. The average Bonchev–Trinajstić information content (AvgIpc) is 3.13. The second kappa shape index (κ2) is 9.86. The lowest BCUT2D eigenvalue weighted by atomic mass is 9.78. The van der Waals surface area contributed by atoms with E-state index >= 15 is 4.39 Å². The van der Waals surface area contributed by atoms with Gasteiger partial charge in [0.25, 0.3) is 5.56 Å². The SMILES string of the molecule is CC(C)(C)c1cc(C(C)(C)C)c2c(c1F)COP(=O)(OC[C@H]1O[C@@H](n3cc(I)c(=O)[nH]c3=O)C[C@@H]1F)O2. The highest BCUT2D eigenvalue weighted by atomic mass is 127. The van der Waals surface area contributed by atoms with Crippen molar-refractivity contribution in [1.82, 2.24) is 9.55 Å². The van der Waals surface area contributed by atoms with E-state index in [0.29, 0.717) is 11.1 Å². The van der Waals surface area contributed by atoms with E-state index < -0.39 is 60.8 Å². The Hall–Kier alpha value is -1.60. The number of benzene rings is 1. The number of nitrogens with one attached hydrogen (secondary N) is 1. The maximum Gasteiger partial charge on any atom is 0.530 e. The van der Waals surface area contributed by atoms with Gasteiger partial charge < -0.3 is 9.26 Å². The Bertz CT molecular complexity index is 1380. The quantitative estimate of drug-likeness (QED) is 0.355. The van der Waals surface area contributed by atoms with E-state index in [1.807, 2.05) is 41.5 Å². The zero-order valence-electron chi connectivity index (χ0n) is 21.4. The molecule has 9 nitrogen and oxygen atoms in total. The Labute approximate surface area is 226 Å². The average molecular weight is 654 g/mol. The fourth-order valence-corrected chi connectivity index (χ4v) is 5.89. The summed E-state index contributed by atoms with van der Waals surface area (Å²) in [5.41, 5.74) is -0.976. The molecule has 3 heterocycles. The molecule has 2 aliphatic rings. The van der Waals surface area contributed by atoms with Crippen LogP contribution in [0.4, 0.5) is 8.78 Å². The van der Waals surface area contributed by atoms with Crippen molar-refractivity contribution in [3.05, 3.63) is 59.2 Å². The standard InChI is InChI=1S/C24H30F2IN2O7P/c1-23(2,3)13-7-14(24(4,5)6)20-12(19(13)26)10-33-37(32,36-20)34-11-17-15(25)8-18(35-17)29-9-16(27)21(30)28-22(29)31/h7,9,15,17-18H,8,10-11H2,1-6H3,(H,28,30,31)/t15-,17+,18+,37?/m0/s1. The van der Waals surface area contributed by atoms with Gasteiger partial charge in [0.05, 0.1) is 22.3 Å². The van der Waals surface area contributed by atoms with Crippen LogP contribution >= 0.6 is 30.4 Å². The molecule has 0 spiro atoms. The van der Waals surface area contributed by atoms with Crippen molar-refractivity contribution in [2.45, 2.75) is 83.9 Å². The molecule has 2 aromatic rings. The summed E-state index contributed by atoms with van der Waals surface area (Å²) in [4.78, 5) is 25.9. The largest absolute Gasteiger partial charge is 0.530 e. The molecule has 4 atom stereocenters. The van der Waals surface area contributed by atoms with Crippen molar-refractivity contribution in [3.8, 4) is 5.75 Å². The van der Waals surface area contributed by atoms with Gasteiger partial charge in [0, 0.05) is 18.2 Å². The molecule has 1 unspecified atom stereocenters. The number of phosphoric ester groups is 1. The molecule has 1 aromatic carbocycles. The minimum Gasteiger partial charge on any atom is -0.403 e. The third kappa shape index (κ3) is 5.73. The van der Waals surface area contributed by atoms with Gasteiger partial charge in [0.2, 0.25) is 0 Å². The summed E-state index contributed by atoms with van der Waals surface area (Å²) in [6.45, 7) is 10.6. The van der Waals surface area contributed by atoms with Crippen LogP contribution in [0.15, 0.2) is 21.9 Å². The van der Waals surface area contributed by atoms with Crippen LogP contribution in [-0.4, -0.2) is 28.4 Å². The van der Waals surface area contributed by atoms with Crippen LogP contribution in [-0.2, 0) is 35.8 Å². The van der Waals surface area contributed by atoms with Gasteiger partial charge in [-0.2, -0.15) is 0 Å². The van der Waals surface area contributed by atoms with Gasteiger partial charge in [-0.05, 0) is 45.1 Å². The fourth-order valence-electron chi connectivity index (χ4n) is 4.23. The third-order valence-electron chi connectivity index (χ3n) is 6.29. The molecule has 204 valence electrons. The lowest BCUT2D eigenvalue weighted by molar-refractivity contribution is -0.0371. The Morgan fingerprint density at radius 1 is 1.19 bits per heavy atom. The summed E-state index contributed by atoms with van der Waals surface area (Å²) in [6.07, 6.45) is -2.62. The third-order valence-corrected chi connectivity index (χ3v) is 8.37. The molecule has 2 aliphatic heterocycles. The number of phosphoric acid groups is 1. The Morgan fingerprint density at radius 2 is 1.84 bits per heavy atom. The highest BCUT2D eigenvalue weighted by Crippen LogP contribution is 2.58. The van der Waals surface area contributed by atoms with Crippen molar-refractivity contribution in [2.24, 2.45) is 0 Å². The molecule has 4 rings (SSSR count). The topological polar surface area (TPSA) is 109 Å². The second-order valence-electron chi connectivity index (χ2n) is 11.2. The number of aromatic nitrogens is 2. The van der Waals surface area contributed by atoms with E-state index in [0.717, 1.165) is 4.57 Å². The van der Waals surface area contributed by atoms with Crippen molar-refractivity contribution in [1.29, 1.82) is 0 Å². The van der Waals surface area contributed by atoms with Gasteiger partial charge in [-0.1, -0.05) is 41.5 Å². The molecular weight excluding hydrogens is 624 g/mol. The number of halogens is 3. The first-order valence-corrected chi connectivity index (χ1v) is 14.3. The number of ether oxygens (including phenoxy) is 1. The van der Waals surface area contributed by atoms with Crippen molar-refractivity contribution >= 4 is 30.4 Å². The zero-order valence-corrected chi connectivity index (χ0v) is 24.4. The summed E-state index contributed by atoms with van der Waals surface area (Å²) < 4.78 is 67.0. The number of alkyl halides is 1. The van der Waals surface area contributed by atoms with Gasteiger partial charge in [-0.15, -0.1) is 0 Å². The number of hydrogen-bond acceptors (Lipinski definition) is 7. The maximum absolute atomic E-state index is 15.4. The van der Waals surface area contributed by atoms with Crippen molar-refractivity contribution in [2.75, 3.05) is 6.61 Å². The number of H-pyrrole nitrogens is 1. The first-order valence-electron chi connectivity index (χ1n) is 11.8. The minimum atomic E-state index is -4.24. The first-order chi connectivity index (χ1) is 17.0. The van der Waals surface area contributed by atoms with E-state index in [1.54, 1.807) is 28.7 Å². The summed E-state index contributed by atoms with van der Waals surface area (Å²) in [5, 5.41) is 0. The highest BCUT2D eigenvalue weighted by Gasteiger charge is 2.43. The first kappa shape index (κ1) is 28.4. The smallest absolute Gasteiger partial charge is 0.403 e. The van der Waals surface area contributed by atoms with Crippen LogP contribution in [0.5, 0.6) is 5.75 Å². The highest BCUT2D eigenvalue weighted by molar-refractivity contribution is 14.1. The van der Waals surface area contributed by atoms with E-state index in [9.17, 15) is 18.5 Å². The molecule has 1 N–H and O–H groups in total. The normalized spacial score (nSPS) is 26.1. The van der Waals surface area contributed by atoms with Crippen LogP contribution in [0.3, 0.4) is 0 Å². The van der Waals surface area contributed by atoms with Crippen LogP contribution in [0, 0.1) is 9.39 Å². The van der Waals surface area contributed by atoms with E-state index in [4.69, 9.17) is 18.3 Å². The van der Waals surface area contributed by atoms with Gasteiger partial charge in [-0.3, -0.25) is 23.4 Å².